The van der Waals surface area contributed by atoms with Crippen LogP contribution in [0.5, 0.6) is 5.75 Å². The molecule has 2 aliphatic rings. The van der Waals surface area contributed by atoms with E-state index >= 15 is 0 Å². The second kappa shape index (κ2) is 7.73. The summed E-state index contributed by atoms with van der Waals surface area (Å²) in [5.74, 6) is 4.58. The molecule has 2 aromatic heterocycles. The monoisotopic (exact) mass is 421 g/mol. The standard InChI is InChI=1S/C22H27N7O2/c1-13(23)29-21(15-4-3-5-17(30-2)20(15)24)26-19(27-29)9-11-28-10-8-16-18(12-28)31-22(25-16)14-6-7-14/h3-5,14H,1,6-12,23-24H2,2H3. The average molecular weight is 422 g/mol. The fourth-order valence-corrected chi connectivity index (χ4v) is 3.97. The van der Waals surface area contributed by atoms with Gasteiger partial charge in [-0.05, 0) is 25.0 Å². The van der Waals surface area contributed by atoms with Gasteiger partial charge in [-0.1, -0.05) is 12.6 Å². The Balaban J connectivity index is 1.32. The molecule has 162 valence electrons. The van der Waals surface area contributed by atoms with Gasteiger partial charge in [-0.2, -0.15) is 4.68 Å². The number of nitrogens with zero attached hydrogens (tertiary/aromatic N) is 5. The third-order valence-electron chi connectivity index (χ3n) is 5.86. The fourth-order valence-electron chi connectivity index (χ4n) is 3.97. The highest BCUT2D eigenvalue weighted by Gasteiger charge is 2.31. The predicted molar refractivity (Wildman–Crippen MR) is 117 cm³/mol. The van der Waals surface area contributed by atoms with E-state index in [4.69, 9.17) is 25.6 Å². The molecule has 9 heteroatoms. The number of hydrogen-bond acceptors (Lipinski definition) is 8. The summed E-state index contributed by atoms with van der Waals surface area (Å²) in [7, 11) is 1.58. The molecule has 0 radical (unpaired) electrons. The van der Waals surface area contributed by atoms with Crippen LogP contribution in [0.1, 0.15) is 41.9 Å². The number of hydrogen-bond donors (Lipinski definition) is 2. The molecule has 0 saturated heterocycles. The van der Waals surface area contributed by atoms with Crippen molar-refractivity contribution in [2.24, 2.45) is 5.73 Å². The van der Waals surface area contributed by atoms with Crippen LogP contribution < -0.4 is 16.2 Å². The molecule has 0 unspecified atom stereocenters. The molecule has 31 heavy (non-hydrogen) atoms. The summed E-state index contributed by atoms with van der Waals surface area (Å²) < 4.78 is 12.9. The van der Waals surface area contributed by atoms with E-state index < -0.39 is 0 Å². The first-order valence-corrected chi connectivity index (χ1v) is 10.6. The Bertz CT molecular complexity index is 1130. The lowest BCUT2D eigenvalue weighted by molar-refractivity contribution is 0.228. The van der Waals surface area contributed by atoms with Crippen molar-refractivity contribution in [2.75, 3.05) is 25.9 Å². The number of para-hydroxylation sites is 1. The van der Waals surface area contributed by atoms with Crippen molar-refractivity contribution in [3.8, 4) is 17.1 Å². The van der Waals surface area contributed by atoms with E-state index in [-0.39, 0.29) is 5.82 Å². The first kappa shape index (κ1) is 19.6. The molecule has 4 N–H and O–H groups in total. The number of ether oxygens (including phenoxy) is 1. The normalized spacial score (nSPS) is 16.3. The molecular weight excluding hydrogens is 394 g/mol. The molecule has 1 aromatic carbocycles. The van der Waals surface area contributed by atoms with Gasteiger partial charge in [-0.15, -0.1) is 5.10 Å². The summed E-state index contributed by atoms with van der Waals surface area (Å²) in [5.41, 5.74) is 14.6. The molecule has 0 spiro atoms. The van der Waals surface area contributed by atoms with Crippen LogP contribution in [0, 0.1) is 0 Å². The third-order valence-corrected chi connectivity index (χ3v) is 5.86. The van der Waals surface area contributed by atoms with Crippen LogP contribution in [-0.2, 0) is 19.4 Å². The van der Waals surface area contributed by atoms with Crippen LogP contribution in [0.25, 0.3) is 17.2 Å². The lowest BCUT2D eigenvalue weighted by atomic mass is 10.1. The number of fused-ring (bicyclic) bond motifs is 1. The highest BCUT2D eigenvalue weighted by Crippen LogP contribution is 2.40. The zero-order chi connectivity index (χ0) is 21.5. The minimum atomic E-state index is 0.285. The quantitative estimate of drug-likeness (QED) is 0.558. The molecule has 0 atom stereocenters. The van der Waals surface area contributed by atoms with Crippen LogP contribution in [-0.4, -0.2) is 44.8 Å². The van der Waals surface area contributed by atoms with Crippen molar-refractivity contribution < 1.29 is 9.15 Å². The van der Waals surface area contributed by atoms with Gasteiger partial charge in [0.1, 0.15) is 17.3 Å². The Labute approximate surface area is 180 Å². The molecule has 1 aliphatic carbocycles. The maximum absolute atomic E-state index is 6.27. The highest BCUT2D eigenvalue weighted by atomic mass is 16.5. The number of methoxy groups -OCH3 is 1. The number of oxazole rings is 1. The van der Waals surface area contributed by atoms with Crippen LogP contribution in [0.2, 0.25) is 0 Å². The van der Waals surface area contributed by atoms with Gasteiger partial charge in [0.15, 0.2) is 17.5 Å². The molecule has 0 bridgehead atoms. The van der Waals surface area contributed by atoms with Crippen molar-refractivity contribution >= 4 is 11.5 Å². The first-order valence-electron chi connectivity index (χ1n) is 10.6. The minimum absolute atomic E-state index is 0.285. The van der Waals surface area contributed by atoms with Gasteiger partial charge in [-0.3, -0.25) is 4.90 Å². The summed E-state index contributed by atoms with van der Waals surface area (Å²) in [6, 6.07) is 5.54. The molecule has 1 fully saturated rings. The summed E-state index contributed by atoms with van der Waals surface area (Å²) in [6.07, 6.45) is 3.99. The van der Waals surface area contributed by atoms with E-state index in [0.29, 0.717) is 41.0 Å². The van der Waals surface area contributed by atoms with Crippen LogP contribution in [0.4, 0.5) is 5.69 Å². The molecule has 3 heterocycles. The van der Waals surface area contributed by atoms with Crippen molar-refractivity contribution in [3.63, 3.8) is 0 Å². The topological polar surface area (TPSA) is 121 Å². The predicted octanol–water partition coefficient (Wildman–Crippen LogP) is 2.39. The highest BCUT2D eigenvalue weighted by molar-refractivity contribution is 5.78. The first-order chi connectivity index (χ1) is 15.0. The Morgan fingerprint density at radius 3 is 2.90 bits per heavy atom. The van der Waals surface area contributed by atoms with E-state index in [2.05, 4.69) is 21.6 Å². The Morgan fingerprint density at radius 2 is 2.16 bits per heavy atom. The average Bonchev–Trinajstić information content (AvgIpc) is 3.38. The lowest BCUT2D eigenvalue weighted by Gasteiger charge is -2.24. The van der Waals surface area contributed by atoms with Crippen molar-refractivity contribution in [1.82, 2.24) is 24.6 Å². The van der Waals surface area contributed by atoms with Crippen molar-refractivity contribution in [2.45, 2.75) is 38.1 Å². The SMILES string of the molecule is C=C(N)n1nc(CCN2CCc3nc(C4CC4)oc3C2)nc1-c1cccc(OC)c1N. The van der Waals surface area contributed by atoms with Gasteiger partial charge in [-0.25, -0.2) is 9.97 Å². The van der Waals surface area contributed by atoms with Gasteiger partial charge in [0.2, 0.25) is 0 Å². The number of nitrogens with two attached hydrogens (primary N) is 2. The number of nitrogen functional groups attached to an aromatic ring is 1. The zero-order valence-electron chi connectivity index (χ0n) is 17.7. The molecular formula is C22H27N7O2. The lowest BCUT2D eigenvalue weighted by Crippen LogP contribution is -2.32. The zero-order valence-corrected chi connectivity index (χ0v) is 17.7. The number of benzene rings is 1. The van der Waals surface area contributed by atoms with Gasteiger partial charge in [0.05, 0.1) is 25.0 Å². The summed E-state index contributed by atoms with van der Waals surface area (Å²) in [4.78, 5) is 11.8. The van der Waals surface area contributed by atoms with Crippen LogP contribution in [0.15, 0.2) is 29.2 Å². The van der Waals surface area contributed by atoms with Crippen LogP contribution >= 0.6 is 0 Å². The molecule has 9 nitrogen and oxygen atoms in total. The van der Waals surface area contributed by atoms with Gasteiger partial charge < -0.3 is 20.6 Å². The summed E-state index contributed by atoms with van der Waals surface area (Å²) >= 11 is 0. The molecule has 3 aromatic rings. The Kier molecular flexibility index (Phi) is 4.90. The van der Waals surface area contributed by atoms with Crippen molar-refractivity contribution in [3.05, 3.63) is 47.9 Å². The summed E-state index contributed by atoms with van der Waals surface area (Å²) in [6.45, 7) is 6.36. The van der Waals surface area contributed by atoms with E-state index in [9.17, 15) is 0 Å². The number of aromatic nitrogens is 4. The smallest absolute Gasteiger partial charge is 0.197 e. The van der Waals surface area contributed by atoms with Crippen LogP contribution in [0.3, 0.4) is 0 Å². The molecule has 1 saturated carbocycles. The van der Waals surface area contributed by atoms with Gasteiger partial charge in [0.25, 0.3) is 0 Å². The van der Waals surface area contributed by atoms with Gasteiger partial charge in [0, 0.05) is 37.4 Å². The minimum Gasteiger partial charge on any atom is -0.495 e. The Hall–Kier alpha value is -3.33. The fraction of sp³-hybridized carbons (Fsp3) is 0.409. The van der Waals surface area contributed by atoms with Crippen molar-refractivity contribution in [1.29, 1.82) is 0 Å². The van der Waals surface area contributed by atoms with E-state index in [1.54, 1.807) is 13.2 Å². The maximum Gasteiger partial charge on any atom is 0.197 e. The molecule has 0 amide bonds. The molecule has 5 rings (SSSR count). The Morgan fingerprint density at radius 1 is 1.32 bits per heavy atom. The number of rotatable bonds is 7. The largest absolute Gasteiger partial charge is 0.495 e. The maximum atomic E-state index is 6.27. The second-order valence-electron chi connectivity index (χ2n) is 8.15. The van der Waals surface area contributed by atoms with E-state index in [1.807, 2.05) is 12.1 Å². The second-order valence-corrected chi connectivity index (χ2v) is 8.15. The molecule has 1 aliphatic heterocycles. The summed E-state index contributed by atoms with van der Waals surface area (Å²) in [5, 5.41) is 4.57. The third kappa shape index (κ3) is 3.76. The van der Waals surface area contributed by atoms with E-state index in [1.165, 1.54) is 17.5 Å². The number of anilines is 1. The van der Waals surface area contributed by atoms with E-state index in [0.717, 1.165) is 43.4 Å². The van der Waals surface area contributed by atoms with Gasteiger partial charge >= 0.3 is 0 Å².